The van der Waals surface area contributed by atoms with Gasteiger partial charge in [-0.15, -0.1) is 0 Å². The zero-order valence-electron chi connectivity index (χ0n) is 14.8. The van der Waals surface area contributed by atoms with Crippen LogP contribution in [0.1, 0.15) is 42.1 Å². The second-order valence-corrected chi connectivity index (χ2v) is 6.86. The van der Waals surface area contributed by atoms with E-state index in [2.05, 4.69) is 10.3 Å². The zero-order valence-corrected chi connectivity index (χ0v) is 14.8. The van der Waals surface area contributed by atoms with Crippen LogP contribution in [0.2, 0.25) is 0 Å². The number of halogens is 2. The van der Waals surface area contributed by atoms with Gasteiger partial charge in [-0.1, -0.05) is 26.0 Å². The van der Waals surface area contributed by atoms with E-state index >= 15 is 0 Å². The summed E-state index contributed by atoms with van der Waals surface area (Å²) in [5.41, 5.74) is 2.12. The molecule has 26 heavy (non-hydrogen) atoms. The molecule has 7 heteroatoms. The molecule has 1 N–H and O–H groups in total. The van der Waals surface area contributed by atoms with Crippen LogP contribution in [0, 0.1) is 0 Å². The lowest BCUT2D eigenvalue weighted by Gasteiger charge is -2.17. The third-order valence-electron chi connectivity index (χ3n) is 4.59. The summed E-state index contributed by atoms with van der Waals surface area (Å²) in [4.78, 5) is 30.1. The van der Waals surface area contributed by atoms with E-state index in [1.807, 2.05) is 32.0 Å². The minimum Gasteiger partial charge on any atom is -0.343 e. The lowest BCUT2D eigenvalue weighted by Crippen LogP contribution is -2.40. The molecule has 0 aliphatic carbocycles. The average Bonchev–Trinajstić information content (AvgIpc) is 2.98. The monoisotopic (exact) mass is 361 g/mol. The van der Waals surface area contributed by atoms with Gasteiger partial charge >= 0.3 is 0 Å². The van der Waals surface area contributed by atoms with E-state index in [1.54, 1.807) is 12.3 Å². The van der Waals surface area contributed by atoms with Crippen LogP contribution in [0.4, 0.5) is 8.78 Å². The first-order valence-electron chi connectivity index (χ1n) is 8.60. The van der Waals surface area contributed by atoms with Crippen LogP contribution in [0.15, 0.2) is 30.5 Å². The van der Waals surface area contributed by atoms with Crippen molar-refractivity contribution in [3.8, 4) is 0 Å². The van der Waals surface area contributed by atoms with Crippen LogP contribution in [0.25, 0.3) is 10.9 Å². The number of carbonyl (C=O) groups is 2. The second kappa shape index (κ2) is 6.97. The maximum absolute atomic E-state index is 13.2. The van der Waals surface area contributed by atoms with Crippen molar-refractivity contribution in [2.45, 2.75) is 32.1 Å². The Morgan fingerprint density at radius 3 is 2.73 bits per heavy atom. The van der Waals surface area contributed by atoms with Gasteiger partial charge < -0.3 is 10.2 Å². The molecule has 0 unspecified atom stereocenters. The molecule has 1 aliphatic rings. The number of rotatable bonds is 4. The molecule has 1 saturated heterocycles. The van der Waals surface area contributed by atoms with Gasteiger partial charge in [-0.3, -0.25) is 14.6 Å². The molecule has 1 fully saturated rings. The van der Waals surface area contributed by atoms with Crippen molar-refractivity contribution in [3.05, 3.63) is 41.6 Å². The van der Waals surface area contributed by atoms with Crippen LogP contribution >= 0.6 is 0 Å². The van der Waals surface area contributed by atoms with Crippen molar-refractivity contribution >= 4 is 22.7 Å². The quantitative estimate of drug-likeness (QED) is 0.911. The summed E-state index contributed by atoms with van der Waals surface area (Å²) in [5.74, 6) is -3.56. The topological polar surface area (TPSA) is 62.3 Å². The van der Waals surface area contributed by atoms with Gasteiger partial charge in [-0.05, 0) is 23.6 Å². The Kier molecular flexibility index (Phi) is 4.89. The number of alkyl halides is 2. The van der Waals surface area contributed by atoms with Gasteiger partial charge in [0.2, 0.25) is 5.91 Å². The molecule has 0 saturated carbocycles. The van der Waals surface area contributed by atoms with E-state index < -0.39 is 24.3 Å². The highest BCUT2D eigenvalue weighted by Crippen LogP contribution is 2.28. The van der Waals surface area contributed by atoms with Crippen LogP contribution in [-0.2, 0) is 4.79 Å². The van der Waals surface area contributed by atoms with E-state index in [4.69, 9.17) is 0 Å². The van der Waals surface area contributed by atoms with Crippen molar-refractivity contribution < 1.29 is 18.4 Å². The van der Waals surface area contributed by atoms with Crippen molar-refractivity contribution in [1.29, 1.82) is 0 Å². The van der Waals surface area contributed by atoms with Gasteiger partial charge in [0, 0.05) is 24.5 Å². The Bertz CT molecular complexity index is 847. The van der Waals surface area contributed by atoms with Crippen LogP contribution in [-0.4, -0.2) is 47.3 Å². The highest BCUT2D eigenvalue weighted by atomic mass is 19.3. The van der Waals surface area contributed by atoms with Crippen LogP contribution in [0.5, 0.6) is 0 Å². The Balaban J connectivity index is 1.77. The van der Waals surface area contributed by atoms with Gasteiger partial charge in [0.15, 0.2) is 0 Å². The van der Waals surface area contributed by atoms with Crippen molar-refractivity contribution in [2.24, 2.45) is 0 Å². The Hall–Kier alpha value is -2.57. The van der Waals surface area contributed by atoms with Gasteiger partial charge in [0.1, 0.15) is 0 Å². The number of aromatic nitrogens is 1. The maximum atomic E-state index is 13.2. The molecule has 1 aliphatic heterocycles. The number of likely N-dealkylation sites (tertiary alicyclic amines) is 1. The molecule has 5 nitrogen and oxygen atoms in total. The van der Waals surface area contributed by atoms with Crippen molar-refractivity contribution in [2.75, 3.05) is 19.6 Å². The lowest BCUT2D eigenvalue weighted by molar-refractivity contribution is -0.130. The standard InChI is InChI=1S/C19H21F2N3O2/c1-12(2)13-4-3-5-15-17(13)14(6-8-22-15)18(26)23-10-16(25)24-9-7-19(20,21)11-24/h3-6,8,12H,7,9-11H2,1-2H3,(H,23,26). The van der Waals surface area contributed by atoms with Crippen LogP contribution < -0.4 is 5.32 Å². The molecule has 3 rings (SSSR count). The first-order chi connectivity index (χ1) is 12.3. The third kappa shape index (κ3) is 3.66. The van der Waals surface area contributed by atoms with Gasteiger partial charge in [-0.25, -0.2) is 8.78 Å². The third-order valence-corrected chi connectivity index (χ3v) is 4.59. The average molecular weight is 361 g/mol. The van der Waals surface area contributed by atoms with Gasteiger partial charge in [-0.2, -0.15) is 0 Å². The zero-order chi connectivity index (χ0) is 18.9. The Morgan fingerprint density at radius 2 is 2.08 bits per heavy atom. The highest BCUT2D eigenvalue weighted by molar-refractivity contribution is 6.08. The summed E-state index contributed by atoms with van der Waals surface area (Å²) >= 11 is 0. The molecule has 2 amide bonds. The molecule has 0 spiro atoms. The van der Waals surface area contributed by atoms with E-state index in [-0.39, 0.29) is 25.4 Å². The molecule has 0 radical (unpaired) electrons. The minimum atomic E-state index is -2.84. The van der Waals surface area contributed by atoms with Crippen molar-refractivity contribution in [3.63, 3.8) is 0 Å². The fourth-order valence-electron chi connectivity index (χ4n) is 3.22. The van der Waals surface area contributed by atoms with E-state index in [9.17, 15) is 18.4 Å². The molecule has 1 aromatic carbocycles. The summed E-state index contributed by atoms with van der Waals surface area (Å²) in [6.45, 7) is 3.18. The van der Waals surface area contributed by atoms with Gasteiger partial charge in [0.25, 0.3) is 11.8 Å². The normalized spacial score (nSPS) is 16.3. The summed E-state index contributed by atoms with van der Waals surface area (Å²) in [7, 11) is 0. The Morgan fingerprint density at radius 1 is 1.31 bits per heavy atom. The Labute approximate surface area is 150 Å². The fraction of sp³-hybridized carbons (Fsp3) is 0.421. The molecule has 138 valence electrons. The number of benzene rings is 1. The number of hydrogen-bond donors (Lipinski definition) is 1. The van der Waals surface area contributed by atoms with E-state index in [1.165, 1.54) is 0 Å². The smallest absolute Gasteiger partial charge is 0.267 e. The summed E-state index contributed by atoms with van der Waals surface area (Å²) in [5, 5.41) is 3.31. The predicted molar refractivity (Wildman–Crippen MR) is 94.3 cm³/mol. The van der Waals surface area contributed by atoms with E-state index in [0.29, 0.717) is 11.1 Å². The SMILES string of the molecule is CC(C)c1cccc2nccc(C(=O)NCC(=O)N3CCC(F)(F)C3)c12. The second-order valence-electron chi connectivity index (χ2n) is 6.86. The number of nitrogens with one attached hydrogen (secondary N) is 1. The molecule has 2 aromatic rings. The van der Waals surface area contributed by atoms with Gasteiger partial charge in [0.05, 0.1) is 24.2 Å². The number of carbonyl (C=O) groups excluding carboxylic acids is 2. The minimum absolute atomic E-state index is 0.0113. The number of nitrogens with zero attached hydrogens (tertiary/aromatic N) is 2. The molecule has 0 atom stereocenters. The fourth-order valence-corrected chi connectivity index (χ4v) is 3.22. The number of pyridine rings is 1. The number of fused-ring (bicyclic) bond motifs is 1. The first-order valence-corrected chi connectivity index (χ1v) is 8.60. The maximum Gasteiger partial charge on any atom is 0.267 e. The van der Waals surface area contributed by atoms with E-state index in [0.717, 1.165) is 15.8 Å². The summed E-state index contributed by atoms with van der Waals surface area (Å²) < 4.78 is 26.5. The van der Waals surface area contributed by atoms with Crippen molar-refractivity contribution in [1.82, 2.24) is 15.2 Å². The lowest BCUT2D eigenvalue weighted by atomic mass is 9.95. The highest BCUT2D eigenvalue weighted by Gasteiger charge is 2.40. The number of amides is 2. The molecule has 1 aromatic heterocycles. The molecule has 0 bridgehead atoms. The first kappa shape index (κ1) is 18.2. The summed E-state index contributed by atoms with van der Waals surface area (Å²) in [6, 6.07) is 7.28. The molecular formula is C19H21F2N3O2. The number of hydrogen-bond acceptors (Lipinski definition) is 3. The largest absolute Gasteiger partial charge is 0.343 e. The summed E-state index contributed by atoms with van der Waals surface area (Å²) in [6.07, 6.45) is 1.21. The molecule has 2 heterocycles. The predicted octanol–water partition coefficient (Wildman–Crippen LogP) is 2.96. The van der Waals surface area contributed by atoms with Crippen LogP contribution in [0.3, 0.4) is 0 Å². The molecular weight excluding hydrogens is 340 g/mol.